The van der Waals surface area contributed by atoms with Crippen molar-refractivity contribution >= 4 is 46.7 Å². The van der Waals surface area contributed by atoms with Crippen molar-refractivity contribution in [3.05, 3.63) is 38.8 Å². The quantitative estimate of drug-likeness (QED) is 0.723. The van der Waals surface area contributed by atoms with Crippen LogP contribution in [0.4, 0.5) is 11.4 Å². The highest BCUT2D eigenvalue weighted by atomic mass is 32.1. The molecule has 3 rings (SSSR count). The van der Waals surface area contributed by atoms with Gasteiger partial charge in [0.25, 0.3) is 0 Å². The summed E-state index contributed by atoms with van der Waals surface area (Å²) in [5.74, 6) is 0.0964. The number of hydrogen-bond acceptors (Lipinski definition) is 4. The molecular formula is C16H17N3O2S2. The summed E-state index contributed by atoms with van der Waals surface area (Å²) >= 11 is 6.49. The summed E-state index contributed by atoms with van der Waals surface area (Å²) < 4.78 is 0.676. The average molecular weight is 347 g/mol. The minimum Gasteiger partial charge on any atom is -0.341 e. The molecule has 0 atom stereocenters. The number of aryl methyl sites for hydroxylation is 1. The summed E-state index contributed by atoms with van der Waals surface area (Å²) in [5.41, 5.74) is 2.30. The predicted molar refractivity (Wildman–Crippen MR) is 94.4 cm³/mol. The Balaban J connectivity index is 1.62. The van der Waals surface area contributed by atoms with Gasteiger partial charge in [-0.25, -0.2) is 0 Å². The second-order valence-corrected chi connectivity index (χ2v) is 7.40. The molecule has 23 heavy (non-hydrogen) atoms. The molecule has 0 spiro atoms. The van der Waals surface area contributed by atoms with Crippen LogP contribution in [0.15, 0.2) is 24.3 Å². The second-order valence-electron chi connectivity index (χ2n) is 5.63. The maximum Gasteiger partial charge on any atom is 0.229 e. The Labute approximate surface area is 143 Å². The van der Waals surface area contributed by atoms with E-state index in [9.17, 15) is 9.59 Å². The molecule has 1 aliphatic carbocycles. The Hall–Kier alpha value is -1.99. The van der Waals surface area contributed by atoms with Crippen LogP contribution < -0.4 is 10.6 Å². The average Bonchev–Trinajstić information content (AvgIpc) is 3.27. The number of H-pyrrole nitrogens is 1. The van der Waals surface area contributed by atoms with E-state index in [2.05, 4.69) is 15.6 Å². The van der Waals surface area contributed by atoms with Crippen molar-refractivity contribution < 1.29 is 9.59 Å². The van der Waals surface area contributed by atoms with E-state index in [4.69, 9.17) is 12.2 Å². The fourth-order valence-electron chi connectivity index (χ4n) is 2.22. The zero-order valence-corrected chi connectivity index (χ0v) is 14.3. The normalized spacial score (nSPS) is 13.6. The largest absolute Gasteiger partial charge is 0.341 e. The number of aromatic nitrogens is 1. The Kier molecular flexibility index (Phi) is 4.58. The predicted octanol–water partition coefficient (Wildman–Crippen LogP) is 3.64. The Morgan fingerprint density at radius 2 is 2.00 bits per heavy atom. The number of amides is 2. The zero-order valence-electron chi connectivity index (χ0n) is 12.6. The van der Waals surface area contributed by atoms with Crippen molar-refractivity contribution in [3.63, 3.8) is 0 Å². The minimum absolute atomic E-state index is 0.0520. The first-order chi connectivity index (χ1) is 11.0. The van der Waals surface area contributed by atoms with Crippen molar-refractivity contribution in [3.8, 4) is 0 Å². The highest BCUT2D eigenvalue weighted by Gasteiger charge is 2.29. The van der Waals surface area contributed by atoms with Crippen LogP contribution in [0.25, 0.3) is 0 Å². The molecule has 1 fully saturated rings. The lowest BCUT2D eigenvalue weighted by atomic mass is 10.2. The van der Waals surface area contributed by atoms with Crippen LogP contribution in [0.5, 0.6) is 0 Å². The molecule has 0 aliphatic heterocycles. The van der Waals surface area contributed by atoms with Gasteiger partial charge in [-0.3, -0.25) is 9.59 Å². The third-order valence-electron chi connectivity index (χ3n) is 3.61. The molecule has 0 radical (unpaired) electrons. The van der Waals surface area contributed by atoms with Gasteiger partial charge in [0.15, 0.2) is 3.95 Å². The fourth-order valence-corrected chi connectivity index (χ4v) is 3.51. The number of carbonyl (C=O) groups is 2. The van der Waals surface area contributed by atoms with Crippen molar-refractivity contribution in [1.82, 2.24) is 4.98 Å². The van der Waals surface area contributed by atoms with E-state index in [0.717, 1.165) is 23.4 Å². The first kappa shape index (κ1) is 15.9. The number of carbonyl (C=O) groups excluding carboxylic acids is 2. The number of nitrogens with one attached hydrogen (secondary N) is 3. The van der Waals surface area contributed by atoms with Gasteiger partial charge in [0.2, 0.25) is 11.8 Å². The summed E-state index contributed by atoms with van der Waals surface area (Å²) in [4.78, 5) is 27.9. The molecule has 1 aliphatic rings. The molecule has 0 bridgehead atoms. The molecule has 120 valence electrons. The van der Waals surface area contributed by atoms with E-state index >= 15 is 0 Å². The van der Waals surface area contributed by atoms with Crippen molar-refractivity contribution in [1.29, 1.82) is 0 Å². The number of benzene rings is 1. The zero-order chi connectivity index (χ0) is 16.4. The van der Waals surface area contributed by atoms with Crippen LogP contribution in [0.3, 0.4) is 0 Å². The van der Waals surface area contributed by atoms with E-state index in [0.29, 0.717) is 15.3 Å². The SMILES string of the molecule is Cc1[nH]c(=S)sc1CC(=O)Nc1cccc(NC(=O)C2CC2)c1. The maximum absolute atomic E-state index is 12.2. The first-order valence-electron chi connectivity index (χ1n) is 7.40. The lowest BCUT2D eigenvalue weighted by molar-refractivity contribution is -0.117. The van der Waals surface area contributed by atoms with Gasteiger partial charge in [-0.1, -0.05) is 6.07 Å². The molecule has 7 heteroatoms. The Bertz CT molecular complexity index is 806. The van der Waals surface area contributed by atoms with Gasteiger partial charge >= 0.3 is 0 Å². The van der Waals surface area contributed by atoms with E-state index in [1.54, 1.807) is 12.1 Å². The van der Waals surface area contributed by atoms with Crippen LogP contribution in [0.2, 0.25) is 0 Å². The summed E-state index contributed by atoms with van der Waals surface area (Å²) in [5, 5.41) is 5.73. The molecule has 1 heterocycles. The molecule has 1 aromatic carbocycles. The van der Waals surface area contributed by atoms with E-state index in [1.165, 1.54) is 11.3 Å². The van der Waals surface area contributed by atoms with E-state index < -0.39 is 0 Å². The molecule has 5 nitrogen and oxygen atoms in total. The Morgan fingerprint density at radius 3 is 2.61 bits per heavy atom. The molecule has 3 N–H and O–H groups in total. The van der Waals surface area contributed by atoms with E-state index in [-0.39, 0.29) is 24.2 Å². The summed E-state index contributed by atoms with van der Waals surface area (Å²) in [6.07, 6.45) is 2.21. The second kappa shape index (κ2) is 6.64. The molecule has 1 saturated carbocycles. The number of hydrogen-bond donors (Lipinski definition) is 3. The van der Waals surface area contributed by atoms with E-state index in [1.807, 2.05) is 19.1 Å². The van der Waals surface area contributed by atoms with Gasteiger partial charge in [0.05, 0.1) is 6.42 Å². The minimum atomic E-state index is -0.107. The fraction of sp³-hybridized carbons (Fsp3) is 0.312. The third-order valence-corrected chi connectivity index (χ3v) is 4.94. The van der Waals surface area contributed by atoms with Gasteiger partial charge in [0.1, 0.15) is 0 Å². The number of rotatable bonds is 5. The van der Waals surface area contributed by atoms with Crippen molar-refractivity contribution in [2.75, 3.05) is 10.6 Å². The topological polar surface area (TPSA) is 74.0 Å². The molecule has 0 saturated heterocycles. The molecule has 1 aromatic heterocycles. The molecule has 2 aromatic rings. The van der Waals surface area contributed by atoms with Gasteiger partial charge in [0, 0.05) is 27.9 Å². The monoisotopic (exact) mass is 347 g/mol. The standard InChI is InChI=1S/C16H17N3O2S2/c1-9-13(23-16(22)17-9)8-14(20)18-11-3-2-4-12(7-11)19-15(21)10-5-6-10/h2-4,7,10H,5-6,8H2,1H3,(H,17,22)(H,18,20)(H,19,21). The molecular weight excluding hydrogens is 330 g/mol. The summed E-state index contributed by atoms with van der Waals surface area (Å²) in [7, 11) is 0. The molecule has 2 amide bonds. The van der Waals surface area contributed by atoms with Gasteiger partial charge in [-0.05, 0) is 50.2 Å². The van der Waals surface area contributed by atoms with Crippen molar-refractivity contribution in [2.24, 2.45) is 5.92 Å². The lowest BCUT2D eigenvalue weighted by Gasteiger charge is -2.08. The van der Waals surface area contributed by atoms with Crippen LogP contribution >= 0.6 is 23.6 Å². The maximum atomic E-state index is 12.2. The number of aromatic amines is 1. The number of anilines is 2. The van der Waals surface area contributed by atoms with Gasteiger partial charge in [-0.2, -0.15) is 0 Å². The summed E-state index contributed by atoms with van der Waals surface area (Å²) in [6, 6.07) is 7.20. The van der Waals surface area contributed by atoms with Crippen LogP contribution in [0, 0.1) is 16.8 Å². The first-order valence-corrected chi connectivity index (χ1v) is 8.63. The third kappa shape index (κ3) is 4.27. The molecule has 0 unspecified atom stereocenters. The van der Waals surface area contributed by atoms with Crippen LogP contribution in [0.1, 0.15) is 23.4 Å². The van der Waals surface area contributed by atoms with Crippen LogP contribution in [-0.2, 0) is 16.0 Å². The van der Waals surface area contributed by atoms with Gasteiger partial charge < -0.3 is 15.6 Å². The lowest BCUT2D eigenvalue weighted by Crippen LogP contribution is -2.16. The van der Waals surface area contributed by atoms with Gasteiger partial charge in [-0.15, -0.1) is 11.3 Å². The highest BCUT2D eigenvalue weighted by molar-refractivity contribution is 7.73. The highest BCUT2D eigenvalue weighted by Crippen LogP contribution is 2.30. The smallest absolute Gasteiger partial charge is 0.229 e. The Morgan fingerprint density at radius 1 is 1.30 bits per heavy atom. The van der Waals surface area contributed by atoms with Crippen LogP contribution in [-0.4, -0.2) is 16.8 Å². The number of thiazole rings is 1. The summed E-state index contributed by atoms with van der Waals surface area (Å²) in [6.45, 7) is 1.91. The van der Waals surface area contributed by atoms with Crippen molar-refractivity contribution in [2.45, 2.75) is 26.2 Å².